The normalized spacial score (nSPS) is 14.0. The Bertz CT molecular complexity index is 1620. The van der Waals surface area contributed by atoms with Crippen LogP contribution in [0.25, 0.3) is 21.8 Å². The van der Waals surface area contributed by atoms with Crippen molar-refractivity contribution in [2.24, 2.45) is 0 Å². The number of anilines is 2. The number of para-hydroxylation sites is 1. The predicted octanol–water partition coefficient (Wildman–Crippen LogP) is 6.04. The van der Waals surface area contributed by atoms with Crippen LogP contribution in [-0.4, -0.2) is 59.3 Å². The second kappa shape index (κ2) is 11.2. The van der Waals surface area contributed by atoms with Crippen LogP contribution in [0.4, 0.5) is 11.5 Å². The average Bonchev–Trinajstić information content (AvgIpc) is 2.95. The summed E-state index contributed by atoms with van der Waals surface area (Å²) in [5.41, 5.74) is 4.57. The number of nitrogens with one attached hydrogen (secondary N) is 1. The number of hydrogen-bond acceptors (Lipinski definition) is 8. The van der Waals surface area contributed by atoms with E-state index in [4.69, 9.17) is 14.2 Å². The summed E-state index contributed by atoms with van der Waals surface area (Å²) in [7, 11) is 0. The maximum Gasteiger partial charge on any atom is 0.153 e. The quantitative estimate of drug-likeness (QED) is 0.265. The standard InChI is InChI=1S/C31H31N5O3/c1-21-18-24(8-11-28(21)39-29-5-3-4-23-7-6-22(2)34-30(23)29)35-31-26-19-25(9-10-27(26)32-20-33-31)38-17-14-36-12-15-37-16-13-36/h3-11,18-20H,12-17H2,1-2H3,(H,32,33,35). The van der Waals surface area contributed by atoms with E-state index in [1.807, 2.05) is 68.4 Å². The number of benzene rings is 3. The highest BCUT2D eigenvalue weighted by Crippen LogP contribution is 2.33. The van der Waals surface area contributed by atoms with E-state index in [0.29, 0.717) is 6.61 Å². The molecule has 0 atom stereocenters. The molecule has 1 aliphatic rings. The van der Waals surface area contributed by atoms with E-state index in [9.17, 15) is 0 Å². The molecule has 0 spiro atoms. The number of nitrogens with zero attached hydrogens (tertiary/aromatic N) is 4. The van der Waals surface area contributed by atoms with Crippen LogP contribution in [0.5, 0.6) is 17.2 Å². The Kier molecular flexibility index (Phi) is 7.21. The molecule has 1 saturated heterocycles. The third-order valence-electron chi connectivity index (χ3n) is 6.87. The summed E-state index contributed by atoms with van der Waals surface area (Å²) in [6, 6.07) is 22.0. The Hall–Kier alpha value is -4.27. The number of morpholine rings is 1. The van der Waals surface area contributed by atoms with Gasteiger partial charge in [0.15, 0.2) is 5.75 Å². The molecule has 1 fully saturated rings. The zero-order valence-electron chi connectivity index (χ0n) is 22.2. The first-order valence-electron chi connectivity index (χ1n) is 13.2. The average molecular weight is 522 g/mol. The summed E-state index contributed by atoms with van der Waals surface area (Å²) < 4.78 is 17.8. The van der Waals surface area contributed by atoms with Gasteiger partial charge in [0.25, 0.3) is 0 Å². The molecule has 2 aromatic heterocycles. The Morgan fingerprint density at radius 1 is 0.923 bits per heavy atom. The van der Waals surface area contributed by atoms with Crippen LogP contribution in [0, 0.1) is 13.8 Å². The molecule has 39 heavy (non-hydrogen) atoms. The van der Waals surface area contributed by atoms with E-state index in [1.54, 1.807) is 6.33 Å². The van der Waals surface area contributed by atoms with Gasteiger partial charge in [-0.05, 0) is 67.9 Å². The number of aryl methyl sites for hydroxylation is 2. The lowest BCUT2D eigenvalue weighted by atomic mass is 10.1. The molecular weight excluding hydrogens is 490 g/mol. The molecule has 0 radical (unpaired) electrons. The third-order valence-corrected chi connectivity index (χ3v) is 6.87. The number of ether oxygens (including phenoxy) is 3. The molecule has 1 aliphatic heterocycles. The Balaban J connectivity index is 1.18. The Morgan fingerprint density at radius 2 is 1.82 bits per heavy atom. The van der Waals surface area contributed by atoms with Gasteiger partial charge in [-0.3, -0.25) is 4.90 Å². The predicted molar refractivity (Wildman–Crippen MR) is 153 cm³/mol. The molecule has 3 heterocycles. The summed E-state index contributed by atoms with van der Waals surface area (Å²) in [6.45, 7) is 8.98. The lowest BCUT2D eigenvalue weighted by molar-refractivity contribution is 0.0322. The molecular formula is C31H31N5O3. The molecule has 3 aromatic carbocycles. The van der Waals surface area contributed by atoms with Crippen molar-refractivity contribution in [1.82, 2.24) is 19.9 Å². The minimum atomic E-state index is 0.619. The van der Waals surface area contributed by atoms with Crippen molar-refractivity contribution in [3.63, 3.8) is 0 Å². The summed E-state index contributed by atoms with van der Waals surface area (Å²) >= 11 is 0. The largest absolute Gasteiger partial charge is 0.492 e. The highest BCUT2D eigenvalue weighted by atomic mass is 16.5. The van der Waals surface area contributed by atoms with Crippen molar-refractivity contribution in [1.29, 1.82) is 0 Å². The Morgan fingerprint density at radius 3 is 2.69 bits per heavy atom. The van der Waals surface area contributed by atoms with E-state index >= 15 is 0 Å². The van der Waals surface area contributed by atoms with E-state index in [0.717, 1.165) is 94.7 Å². The van der Waals surface area contributed by atoms with Crippen LogP contribution in [0.15, 0.2) is 73.1 Å². The van der Waals surface area contributed by atoms with Crippen LogP contribution in [-0.2, 0) is 4.74 Å². The topological polar surface area (TPSA) is 81.6 Å². The Labute approximate surface area is 227 Å². The molecule has 0 saturated carbocycles. The molecule has 198 valence electrons. The van der Waals surface area contributed by atoms with Crippen LogP contribution in [0.1, 0.15) is 11.3 Å². The molecule has 0 amide bonds. The molecule has 8 heteroatoms. The third kappa shape index (κ3) is 5.77. The first kappa shape index (κ1) is 25.0. The lowest BCUT2D eigenvalue weighted by Gasteiger charge is -2.26. The van der Waals surface area contributed by atoms with Gasteiger partial charge in [0.05, 0.1) is 18.7 Å². The number of fused-ring (bicyclic) bond motifs is 2. The SMILES string of the molecule is Cc1ccc2cccc(Oc3ccc(Nc4ncnc5ccc(OCCN6CCOCC6)cc45)cc3C)c2n1. The van der Waals surface area contributed by atoms with Gasteiger partial charge in [-0.25, -0.2) is 15.0 Å². The smallest absolute Gasteiger partial charge is 0.153 e. The van der Waals surface area contributed by atoms with Crippen molar-refractivity contribution < 1.29 is 14.2 Å². The number of aromatic nitrogens is 3. The van der Waals surface area contributed by atoms with Crippen molar-refractivity contribution in [2.45, 2.75) is 13.8 Å². The fourth-order valence-electron chi connectivity index (χ4n) is 4.74. The van der Waals surface area contributed by atoms with Crippen molar-refractivity contribution >= 4 is 33.3 Å². The maximum atomic E-state index is 6.31. The van der Waals surface area contributed by atoms with Crippen molar-refractivity contribution in [2.75, 3.05) is 44.8 Å². The number of hydrogen-bond donors (Lipinski definition) is 1. The highest BCUT2D eigenvalue weighted by Gasteiger charge is 2.12. The summed E-state index contributed by atoms with van der Waals surface area (Å²) in [5.74, 6) is 3.04. The van der Waals surface area contributed by atoms with Crippen LogP contribution < -0.4 is 14.8 Å². The van der Waals surface area contributed by atoms with Crippen LogP contribution >= 0.6 is 0 Å². The maximum absolute atomic E-state index is 6.31. The van der Waals surface area contributed by atoms with Gasteiger partial charge in [0.1, 0.15) is 35.8 Å². The van der Waals surface area contributed by atoms with Gasteiger partial charge in [0, 0.05) is 41.8 Å². The van der Waals surface area contributed by atoms with Crippen molar-refractivity contribution in [3.8, 4) is 17.2 Å². The number of pyridine rings is 1. The van der Waals surface area contributed by atoms with Gasteiger partial charge in [-0.2, -0.15) is 0 Å². The monoisotopic (exact) mass is 521 g/mol. The van der Waals surface area contributed by atoms with E-state index < -0.39 is 0 Å². The minimum absolute atomic E-state index is 0.619. The minimum Gasteiger partial charge on any atom is -0.492 e. The van der Waals surface area contributed by atoms with Gasteiger partial charge in [-0.1, -0.05) is 18.2 Å². The van der Waals surface area contributed by atoms with Gasteiger partial charge in [0.2, 0.25) is 0 Å². The summed E-state index contributed by atoms with van der Waals surface area (Å²) in [5, 5.41) is 5.40. The fourth-order valence-corrected chi connectivity index (χ4v) is 4.74. The molecule has 6 rings (SSSR count). The fraction of sp³-hybridized carbons (Fsp3) is 0.258. The van der Waals surface area contributed by atoms with Gasteiger partial charge < -0.3 is 19.5 Å². The summed E-state index contributed by atoms with van der Waals surface area (Å²) in [6.07, 6.45) is 1.57. The van der Waals surface area contributed by atoms with E-state index in [2.05, 4.69) is 37.3 Å². The first-order valence-corrected chi connectivity index (χ1v) is 13.2. The molecule has 0 bridgehead atoms. The molecule has 1 N–H and O–H groups in total. The van der Waals surface area contributed by atoms with Crippen LogP contribution in [0.3, 0.4) is 0 Å². The highest BCUT2D eigenvalue weighted by molar-refractivity contribution is 5.91. The van der Waals surface area contributed by atoms with Gasteiger partial charge >= 0.3 is 0 Å². The second-order valence-electron chi connectivity index (χ2n) is 9.69. The van der Waals surface area contributed by atoms with Gasteiger partial charge in [-0.15, -0.1) is 0 Å². The molecule has 8 nitrogen and oxygen atoms in total. The number of rotatable bonds is 8. The molecule has 0 aliphatic carbocycles. The molecule has 5 aromatic rings. The van der Waals surface area contributed by atoms with E-state index in [1.165, 1.54) is 0 Å². The van der Waals surface area contributed by atoms with E-state index in [-0.39, 0.29) is 0 Å². The first-order chi connectivity index (χ1) is 19.1. The zero-order valence-corrected chi connectivity index (χ0v) is 22.2. The van der Waals surface area contributed by atoms with Crippen molar-refractivity contribution in [3.05, 3.63) is 84.3 Å². The summed E-state index contributed by atoms with van der Waals surface area (Å²) in [4.78, 5) is 16.0. The lowest BCUT2D eigenvalue weighted by Crippen LogP contribution is -2.38. The zero-order chi connectivity index (χ0) is 26.6. The second-order valence-corrected chi connectivity index (χ2v) is 9.69. The van der Waals surface area contributed by atoms with Crippen LogP contribution in [0.2, 0.25) is 0 Å². The molecule has 0 unspecified atom stereocenters.